The van der Waals surface area contributed by atoms with Crippen molar-refractivity contribution in [3.63, 3.8) is 0 Å². The molecule has 0 saturated heterocycles. The number of benzene rings is 4. The van der Waals surface area contributed by atoms with Gasteiger partial charge in [-0.25, -0.2) is 4.68 Å². The van der Waals surface area contributed by atoms with Gasteiger partial charge in [-0.2, -0.15) is 18.3 Å². The number of nitrogens with two attached hydrogens (primary N) is 1. The summed E-state index contributed by atoms with van der Waals surface area (Å²) in [5.41, 5.74) is 6.33. The number of halogens is 3. The van der Waals surface area contributed by atoms with E-state index < -0.39 is 23.1 Å². The van der Waals surface area contributed by atoms with Crippen molar-refractivity contribution in [2.24, 2.45) is 5.14 Å². The molecule has 1 unspecified atom stereocenters. The Hall–Kier alpha value is -4.05. The van der Waals surface area contributed by atoms with Gasteiger partial charge < -0.3 is 4.55 Å². The molecule has 2 N–H and O–H groups in total. The molecule has 0 bridgehead atoms. The van der Waals surface area contributed by atoms with Gasteiger partial charge in [-0.15, -0.1) is 0 Å². The lowest BCUT2D eigenvalue weighted by Gasteiger charge is -2.15. The molecule has 1 heterocycles. The minimum absolute atomic E-state index is 0.406. The van der Waals surface area contributed by atoms with Gasteiger partial charge in [0.15, 0.2) is 5.69 Å². The second kappa shape index (κ2) is 12.9. The zero-order valence-electron chi connectivity index (χ0n) is 21.6. The van der Waals surface area contributed by atoms with E-state index in [0.717, 1.165) is 34.7 Å². The van der Waals surface area contributed by atoms with E-state index in [1.807, 2.05) is 85.8 Å². The first-order valence-corrected chi connectivity index (χ1v) is 13.5. The number of hydrogen-bond acceptors (Lipinski definition) is 3. The molecule has 1 atom stereocenters. The fourth-order valence-corrected chi connectivity index (χ4v) is 4.36. The Morgan fingerprint density at radius 2 is 1.32 bits per heavy atom. The topological polar surface area (TPSA) is 84.0 Å². The molecular weight excluding hydrogens is 535 g/mol. The minimum Gasteiger partial charge on any atom is -0.760 e. The standard InChI is InChI=1S/C31H25F3N2.H3NO2S/c1-22-12-14-25(15-13-22)29-21-30(31(32,33)34)35-36(29)28-17-16-26(18-23-8-4-2-5-9-23)27(20-28)19-24-10-6-3-7-11-24;1-4(2)3/h2-17,20-21H,18-19H2,1H3;1H2,(H,2,3)/p-1. The van der Waals surface area contributed by atoms with E-state index in [1.165, 1.54) is 10.2 Å². The number of rotatable bonds is 6. The van der Waals surface area contributed by atoms with E-state index >= 15 is 0 Å². The van der Waals surface area contributed by atoms with Crippen LogP contribution in [0.2, 0.25) is 0 Å². The first-order chi connectivity index (χ1) is 19.1. The molecule has 0 aliphatic rings. The molecule has 5 aromatic rings. The Morgan fingerprint density at radius 3 is 1.85 bits per heavy atom. The smallest absolute Gasteiger partial charge is 0.435 e. The number of aryl methyl sites for hydroxylation is 1. The summed E-state index contributed by atoms with van der Waals surface area (Å²) in [5, 5.41) is 8.03. The summed E-state index contributed by atoms with van der Waals surface area (Å²) in [4.78, 5) is 0. The Kier molecular flexibility index (Phi) is 9.31. The molecule has 0 amide bonds. The summed E-state index contributed by atoms with van der Waals surface area (Å²) in [6.45, 7) is 1.95. The molecule has 9 heteroatoms. The molecule has 5 nitrogen and oxygen atoms in total. The quantitative estimate of drug-likeness (QED) is 0.231. The van der Waals surface area contributed by atoms with E-state index in [9.17, 15) is 13.2 Å². The van der Waals surface area contributed by atoms with E-state index in [-0.39, 0.29) is 0 Å². The molecule has 5 rings (SSSR count). The predicted molar refractivity (Wildman–Crippen MR) is 150 cm³/mol. The van der Waals surface area contributed by atoms with Crippen LogP contribution in [0.1, 0.15) is 33.5 Å². The summed E-state index contributed by atoms with van der Waals surface area (Å²) in [5.74, 6) is 0. The summed E-state index contributed by atoms with van der Waals surface area (Å²) < 4.78 is 60.0. The van der Waals surface area contributed by atoms with Crippen LogP contribution in [0.3, 0.4) is 0 Å². The minimum atomic E-state index is -4.54. The SMILES string of the molecule is Cc1ccc(-c2cc(C(F)(F)F)nn2-c2ccc(Cc3ccccc3)c(Cc3ccccc3)c2)cc1.NS(=O)[O-]. The van der Waals surface area contributed by atoms with Gasteiger partial charge in [-0.05, 0) is 60.2 Å². The van der Waals surface area contributed by atoms with Gasteiger partial charge in [0.25, 0.3) is 0 Å². The van der Waals surface area contributed by atoms with Crippen molar-refractivity contribution in [3.8, 4) is 16.9 Å². The second-order valence-corrected chi connectivity index (χ2v) is 9.75. The number of hydrogen-bond donors (Lipinski definition) is 1. The van der Waals surface area contributed by atoms with Crippen LogP contribution in [0.25, 0.3) is 16.9 Å². The van der Waals surface area contributed by atoms with Gasteiger partial charge in [0.05, 0.1) is 11.4 Å². The molecule has 0 aliphatic carbocycles. The molecule has 4 aromatic carbocycles. The second-order valence-electron chi connectivity index (χ2n) is 9.23. The van der Waals surface area contributed by atoms with Crippen molar-refractivity contribution >= 4 is 11.3 Å². The van der Waals surface area contributed by atoms with Crippen molar-refractivity contribution < 1.29 is 21.9 Å². The van der Waals surface area contributed by atoms with Crippen LogP contribution in [0.5, 0.6) is 0 Å². The average molecular weight is 563 g/mol. The van der Waals surface area contributed by atoms with Crippen LogP contribution < -0.4 is 5.14 Å². The average Bonchev–Trinajstić information content (AvgIpc) is 3.37. The molecule has 0 fully saturated rings. The first-order valence-electron chi connectivity index (χ1n) is 12.4. The molecule has 0 radical (unpaired) electrons. The maximum atomic E-state index is 13.7. The Bertz CT molecular complexity index is 1570. The van der Waals surface area contributed by atoms with Crippen LogP contribution in [0.4, 0.5) is 13.2 Å². The van der Waals surface area contributed by atoms with Crippen molar-refractivity contribution in [1.82, 2.24) is 9.78 Å². The zero-order valence-corrected chi connectivity index (χ0v) is 22.5. The maximum Gasteiger partial charge on any atom is 0.435 e. The van der Waals surface area contributed by atoms with E-state index in [1.54, 1.807) is 0 Å². The molecule has 0 spiro atoms. The fourth-order valence-electron chi connectivity index (χ4n) is 4.36. The largest absolute Gasteiger partial charge is 0.760 e. The van der Waals surface area contributed by atoms with Gasteiger partial charge in [-0.3, -0.25) is 9.35 Å². The third kappa shape index (κ3) is 7.75. The van der Waals surface area contributed by atoms with Gasteiger partial charge >= 0.3 is 6.18 Å². The summed E-state index contributed by atoms with van der Waals surface area (Å²) >= 11 is -2.36. The van der Waals surface area contributed by atoms with Crippen LogP contribution in [-0.4, -0.2) is 18.5 Å². The monoisotopic (exact) mass is 562 g/mol. The maximum absolute atomic E-state index is 13.7. The van der Waals surface area contributed by atoms with Crippen LogP contribution in [0.15, 0.2) is 109 Å². The molecule has 0 saturated carbocycles. The lowest BCUT2D eigenvalue weighted by atomic mass is 9.94. The van der Waals surface area contributed by atoms with Gasteiger partial charge in [0.1, 0.15) is 0 Å². The lowest BCUT2D eigenvalue weighted by Crippen LogP contribution is -2.08. The van der Waals surface area contributed by atoms with Crippen LogP contribution in [0, 0.1) is 6.92 Å². The van der Waals surface area contributed by atoms with E-state index in [0.29, 0.717) is 23.4 Å². The van der Waals surface area contributed by atoms with E-state index in [2.05, 4.69) is 34.5 Å². The fraction of sp³-hybridized carbons (Fsp3) is 0.129. The molecule has 206 valence electrons. The van der Waals surface area contributed by atoms with Gasteiger partial charge in [0, 0.05) is 16.8 Å². The van der Waals surface area contributed by atoms with Gasteiger partial charge in [0.2, 0.25) is 0 Å². The van der Waals surface area contributed by atoms with Crippen LogP contribution in [-0.2, 0) is 30.3 Å². The molecule has 0 aliphatic heterocycles. The zero-order chi connectivity index (χ0) is 28.7. The Morgan fingerprint density at radius 1 is 0.800 bits per heavy atom. The third-order valence-corrected chi connectivity index (χ3v) is 6.26. The molecular formula is C31H27F3N3O2S-. The van der Waals surface area contributed by atoms with Crippen molar-refractivity contribution in [1.29, 1.82) is 0 Å². The summed E-state index contributed by atoms with van der Waals surface area (Å²) in [7, 11) is 0. The summed E-state index contributed by atoms with van der Waals surface area (Å²) in [6.07, 6.45) is -3.13. The number of nitrogens with zero attached hydrogens (tertiary/aromatic N) is 2. The molecule has 1 aromatic heterocycles. The molecule has 40 heavy (non-hydrogen) atoms. The third-order valence-electron chi connectivity index (χ3n) is 6.26. The van der Waals surface area contributed by atoms with Crippen molar-refractivity contribution in [2.45, 2.75) is 25.9 Å². The Balaban J connectivity index is 0.000000867. The van der Waals surface area contributed by atoms with E-state index in [4.69, 9.17) is 8.76 Å². The number of alkyl halides is 3. The highest BCUT2D eigenvalue weighted by Crippen LogP contribution is 2.34. The number of aromatic nitrogens is 2. The van der Waals surface area contributed by atoms with Crippen molar-refractivity contribution in [3.05, 3.63) is 143 Å². The highest BCUT2D eigenvalue weighted by Gasteiger charge is 2.35. The van der Waals surface area contributed by atoms with Gasteiger partial charge in [-0.1, -0.05) is 96.6 Å². The highest BCUT2D eigenvalue weighted by atomic mass is 32.2. The highest BCUT2D eigenvalue weighted by molar-refractivity contribution is 7.76. The predicted octanol–water partition coefficient (Wildman–Crippen LogP) is 6.79. The Labute approximate surface area is 233 Å². The van der Waals surface area contributed by atoms with Crippen LogP contribution >= 0.6 is 0 Å². The normalized spacial score (nSPS) is 11.9. The lowest BCUT2D eigenvalue weighted by molar-refractivity contribution is -0.141. The first kappa shape index (κ1) is 28.9. The van der Waals surface area contributed by atoms with Crippen molar-refractivity contribution in [2.75, 3.05) is 0 Å². The summed E-state index contributed by atoms with van der Waals surface area (Å²) in [6, 6.07) is 34.7.